The largest absolute Gasteiger partial charge is 0.317 e. The molecule has 1 N–H and O–H groups in total. The predicted molar refractivity (Wildman–Crippen MR) is 79.3 cm³/mol. The van der Waals surface area contributed by atoms with E-state index in [0.717, 1.165) is 25.4 Å². The SMILES string of the molecule is CCn1nc(CC2CCCNCC2)c2ccccc21. The lowest BCUT2D eigenvalue weighted by Crippen LogP contribution is -2.14. The molecule has 1 saturated heterocycles. The van der Waals surface area contributed by atoms with E-state index in [1.807, 2.05) is 0 Å². The van der Waals surface area contributed by atoms with Crippen molar-refractivity contribution in [2.45, 2.75) is 39.2 Å². The Labute approximate surface area is 115 Å². The van der Waals surface area contributed by atoms with E-state index in [1.165, 1.54) is 42.4 Å². The van der Waals surface area contributed by atoms with Crippen molar-refractivity contribution in [3.8, 4) is 0 Å². The molecule has 1 fully saturated rings. The van der Waals surface area contributed by atoms with Gasteiger partial charge in [-0.2, -0.15) is 5.10 Å². The van der Waals surface area contributed by atoms with Gasteiger partial charge in [-0.15, -0.1) is 0 Å². The maximum atomic E-state index is 4.83. The highest BCUT2D eigenvalue weighted by atomic mass is 15.3. The van der Waals surface area contributed by atoms with Crippen LogP contribution in [0.15, 0.2) is 24.3 Å². The third-order valence-electron chi connectivity index (χ3n) is 4.21. The van der Waals surface area contributed by atoms with Crippen molar-refractivity contribution < 1.29 is 0 Å². The second-order valence-corrected chi connectivity index (χ2v) is 5.53. The third kappa shape index (κ3) is 2.66. The van der Waals surface area contributed by atoms with E-state index in [1.54, 1.807) is 0 Å². The number of rotatable bonds is 3. The van der Waals surface area contributed by atoms with Crippen LogP contribution in [0.2, 0.25) is 0 Å². The van der Waals surface area contributed by atoms with Gasteiger partial charge in [-0.1, -0.05) is 18.2 Å². The minimum absolute atomic E-state index is 0.790. The molecular weight excluding hydrogens is 234 g/mol. The second-order valence-electron chi connectivity index (χ2n) is 5.53. The highest BCUT2D eigenvalue weighted by Crippen LogP contribution is 2.24. The average molecular weight is 257 g/mol. The lowest BCUT2D eigenvalue weighted by molar-refractivity contribution is 0.462. The van der Waals surface area contributed by atoms with Gasteiger partial charge >= 0.3 is 0 Å². The van der Waals surface area contributed by atoms with Crippen molar-refractivity contribution in [3.63, 3.8) is 0 Å². The van der Waals surface area contributed by atoms with Crippen LogP contribution in [0.4, 0.5) is 0 Å². The van der Waals surface area contributed by atoms with Crippen LogP contribution in [0.25, 0.3) is 10.9 Å². The molecule has 0 aliphatic carbocycles. The van der Waals surface area contributed by atoms with Crippen molar-refractivity contribution in [2.75, 3.05) is 13.1 Å². The fraction of sp³-hybridized carbons (Fsp3) is 0.562. The van der Waals surface area contributed by atoms with Gasteiger partial charge in [0.15, 0.2) is 0 Å². The fourth-order valence-corrected chi connectivity index (χ4v) is 3.16. The third-order valence-corrected chi connectivity index (χ3v) is 4.21. The summed E-state index contributed by atoms with van der Waals surface area (Å²) in [6.07, 6.45) is 5.06. The molecule has 2 aromatic rings. The maximum absolute atomic E-state index is 4.83. The number of aryl methyl sites for hydroxylation is 1. The first-order valence-electron chi connectivity index (χ1n) is 7.53. The van der Waals surface area contributed by atoms with Crippen LogP contribution < -0.4 is 5.32 Å². The molecule has 1 aromatic heterocycles. The van der Waals surface area contributed by atoms with Gasteiger partial charge in [0.1, 0.15) is 0 Å². The second kappa shape index (κ2) is 5.74. The summed E-state index contributed by atoms with van der Waals surface area (Å²) in [5.41, 5.74) is 2.58. The van der Waals surface area contributed by atoms with Crippen molar-refractivity contribution in [3.05, 3.63) is 30.0 Å². The molecule has 3 nitrogen and oxygen atoms in total. The quantitative estimate of drug-likeness (QED) is 0.916. The number of hydrogen-bond acceptors (Lipinski definition) is 2. The number of aromatic nitrogens is 2. The zero-order chi connectivity index (χ0) is 13.1. The summed E-state index contributed by atoms with van der Waals surface area (Å²) < 4.78 is 2.14. The molecule has 19 heavy (non-hydrogen) atoms. The number of benzene rings is 1. The smallest absolute Gasteiger partial charge is 0.0706 e. The first-order valence-corrected chi connectivity index (χ1v) is 7.53. The first-order chi connectivity index (χ1) is 9.38. The molecule has 0 radical (unpaired) electrons. The molecule has 2 heterocycles. The summed E-state index contributed by atoms with van der Waals surface area (Å²) in [7, 11) is 0. The van der Waals surface area contributed by atoms with E-state index in [9.17, 15) is 0 Å². The first kappa shape index (κ1) is 12.7. The number of fused-ring (bicyclic) bond motifs is 1. The number of hydrogen-bond donors (Lipinski definition) is 1. The Morgan fingerprint density at radius 1 is 1.26 bits per heavy atom. The summed E-state index contributed by atoms with van der Waals surface area (Å²) in [6.45, 7) is 5.46. The van der Waals surface area contributed by atoms with Gasteiger partial charge in [0, 0.05) is 11.9 Å². The van der Waals surface area contributed by atoms with Gasteiger partial charge in [-0.25, -0.2) is 0 Å². The van der Waals surface area contributed by atoms with Gasteiger partial charge in [-0.3, -0.25) is 4.68 Å². The maximum Gasteiger partial charge on any atom is 0.0706 e. The standard InChI is InChI=1S/C16H23N3/c1-2-19-16-8-4-3-7-14(16)15(18-19)12-13-6-5-10-17-11-9-13/h3-4,7-8,13,17H,2,5-6,9-12H2,1H3. The van der Waals surface area contributed by atoms with Crippen LogP contribution in [-0.4, -0.2) is 22.9 Å². The zero-order valence-corrected chi connectivity index (χ0v) is 11.7. The van der Waals surface area contributed by atoms with Crippen LogP contribution in [0.5, 0.6) is 0 Å². The van der Waals surface area contributed by atoms with Crippen LogP contribution in [0.3, 0.4) is 0 Å². The Hall–Kier alpha value is -1.35. The molecule has 1 unspecified atom stereocenters. The van der Waals surface area contributed by atoms with Gasteiger partial charge < -0.3 is 5.32 Å². The van der Waals surface area contributed by atoms with Crippen molar-refractivity contribution in [1.82, 2.24) is 15.1 Å². The number of nitrogens with one attached hydrogen (secondary N) is 1. The van der Waals surface area contributed by atoms with E-state index in [-0.39, 0.29) is 0 Å². The molecule has 0 amide bonds. The Kier molecular flexibility index (Phi) is 3.83. The molecule has 0 saturated carbocycles. The van der Waals surface area contributed by atoms with Crippen molar-refractivity contribution in [2.24, 2.45) is 5.92 Å². The Morgan fingerprint density at radius 2 is 2.16 bits per heavy atom. The fourth-order valence-electron chi connectivity index (χ4n) is 3.16. The van der Waals surface area contributed by atoms with E-state index >= 15 is 0 Å². The Balaban J connectivity index is 1.87. The summed E-state index contributed by atoms with van der Waals surface area (Å²) >= 11 is 0. The predicted octanol–water partition coefficient (Wildman–Crippen LogP) is 2.99. The van der Waals surface area contributed by atoms with E-state index in [2.05, 4.69) is 41.2 Å². The lowest BCUT2D eigenvalue weighted by atomic mass is 9.94. The van der Waals surface area contributed by atoms with Crippen LogP contribution >= 0.6 is 0 Å². The van der Waals surface area contributed by atoms with Gasteiger partial charge in [0.25, 0.3) is 0 Å². The summed E-state index contributed by atoms with van der Waals surface area (Å²) in [5, 5.41) is 9.67. The summed E-state index contributed by atoms with van der Waals surface area (Å²) in [4.78, 5) is 0. The Bertz CT molecular complexity index is 536. The van der Waals surface area contributed by atoms with E-state index < -0.39 is 0 Å². The van der Waals surface area contributed by atoms with E-state index in [0.29, 0.717) is 0 Å². The normalized spacial score (nSPS) is 20.6. The molecule has 1 atom stereocenters. The molecule has 0 bridgehead atoms. The summed E-state index contributed by atoms with van der Waals surface area (Å²) in [6, 6.07) is 8.64. The van der Waals surface area contributed by atoms with Gasteiger partial charge in [-0.05, 0) is 57.7 Å². The minimum atomic E-state index is 0.790. The number of nitrogens with zero attached hydrogens (tertiary/aromatic N) is 2. The highest BCUT2D eigenvalue weighted by molar-refractivity contribution is 5.81. The van der Waals surface area contributed by atoms with Crippen LogP contribution in [-0.2, 0) is 13.0 Å². The molecule has 3 heteroatoms. The molecule has 102 valence electrons. The highest BCUT2D eigenvalue weighted by Gasteiger charge is 2.16. The summed E-state index contributed by atoms with van der Waals surface area (Å²) in [5.74, 6) is 0.790. The molecule has 1 aliphatic heterocycles. The minimum Gasteiger partial charge on any atom is -0.317 e. The molecular formula is C16H23N3. The number of para-hydroxylation sites is 1. The lowest BCUT2D eigenvalue weighted by Gasteiger charge is -2.11. The molecule has 1 aromatic carbocycles. The van der Waals surface area contributed by atoms with Crippen LogP contribution in [0.1, 0.15) is 31.9 Å². The monoisotopic (exact) mass is 257 g/mol. The van der Waals surface area contributed by atoms with Crippen molar-refractivity contribution >= 4 is 10.9 Å². The Morgan fingerprint density at radius 3 is 3.05 bits per heavy atom. The van der Waals surface area contributed by atoms with Gasteiger partial charge in [0.2, 0.25) is 0 Å². The zero-order valence-electron chi connectivity index (χ0n) is 11.7. The van der Waals surface area contributed by atoms with Crippen LogP contribution in [0, 0.1) is 5.92 Å². The van der Waals surface area contributed by atoms with Gasteiger partial charge in [0.05, 0.1) is 11.2 Å². The average Bonchev–Trinajstić information content (AvgIpc) is 2.62. The molecule has 0 spiro atoms. The molecule has 3 rings (SSSR count). The topological polar surface area (TPSA) is 29.9 Å². The van der Waals surface area contributed by atoms with E-state index in [4.69, 9.17) is 5.10 Å². The van der Waals surface area contributed by atoms with Crippen molar-refractivity contribution in [1.29, 1.82) is 0 Å². The molecule has 1 aliphatic rings.